The van der Waals surface area contributed by atoms with Gasteiger partial charge in [-0.15, -0.1) is 0 Å². The average Bonchev–Trinajstić information content (AvgIpc) is 0.920. The van der Waals surface area contributed by atoms with Crippen molar-refractivity contribution >= 4 is 19.8 Å². The zero-order chi connectivity index (χ0) is 75.4. The number of carbonyl (C=O) groups is 2. The molecule has 0 saturated carbocycles. The van der Waals surface area contributed by atoms with Crippen LogP contribution in [-0.2, 0) is 32.7 Å². The molecule has 9 nitrogen and oxygen atoms in total. The monoisotopic (exact) mass is 1470 g/mol. The summed E-state index contributed by atoms with van der Waals surface area (Å²) in [6.45, 7) is 4.24. The van der Waals surface area contributed by atoms with Crippen molar-refractivity contribution in [2.24, 2.45) is 0 Å². The lowest BCUT2D eigenvalue weighted by atomic mass is 10.0. The van der Waals surface area contributed by atoms with Gasteiger partial charge in [-0.1, -0.05) is 397 Å². The Kier molecular flexibility index (Phi) is 79.2. The summed E-state index contributed by atoms with van der Waals surface area (Å²) in [4.78, 5) is 36.1. The van der Waals surface area contributed by atoms with E-state index in [1.54, 1.807) is 0 Å². The van der Waals surface area contributed by atoms with E-state index in [9.17, 15) is 19.0 Å². The molecule has 596 valence electrons. The lowest BCUT2D eigenvalue weighted by molar-refractivity contribution is -0.870. The van der Waals surface area contributed by atoms with Gasteiger partial charge in [0.2, 0.25) is 0 Å². The van der Waals surface area contributed by atoms with Crippen molar-refractivity contribution < 1.29 is 42.1 Å². The summed E-state index contributed by atoms with van der Waals surface area (Å²) in [5, 5.41) is 0. The number of hydrogen-bond acceptors (Lipinski definition) is 7. The Morgan fingerprint density at radius 3 is 0.769 bits per heavy atom. The molecule has 0 aromatic heterocycles. The first-order chi connectivity index (χ1) is 51.0. The van der Waals surface area contributed by atoms with E-state index in [2.05, 4.69) is 172 Å². The molecule has 0 aliphatic rings. The Morgan fingerprint density at radius 1 is 0.298 bits per heavy atom. The summed E-state index contributed by atoms with van der Waals surface area (Å²) in [5.74, 6) is -0.785. The predicted octanol–water partition coefficient (Wildman–Crippen LogP) is 29.4. The number of phosphoric ester groups is 1. The van der Waals surface area contributed by atoms with Crippen LogP contribution < -0.4 is 0 Å². The van der Waals surface area contributed by atoms with Gasteiger partial charge in [-0.25, -0.2) is 4.57 Å². The van der Waals surface area contributed by atoms with Gasteiger partial charge in [-0.05, 0) is 122 Å². The molecule has 0 aromatic carbocycles. The highest BCUT2D eigenvalue weighted by Crippen LogP contribution is 2.43. The number of ether oxygens (including phenoxy) is 2. The molecule has 1 N–H and O–H groups in total. The highest BCUT2D eigenvalue weighted by Gasteiger charge is 2.27. The van der Waals surface area contributed by atoms with Gasteiger partial charge in [0.15, 0.2) is 6.10 Å². The second kappa shape index (κ2) is 82.7. The van der Waals surface area contributed by atoms with Gasteiger partial charge >= 0.3 is 19.8 Å². The topological polar surface area (TPSA) is 108 Å². The van der Waals surface area contributed by atoms with Crippen LogP contribution in [0.1, 0.15) is 373 Å². The standard InChI is InChI=1S/C94H162NO8P/c1-6-8-10-12-14-16-18-20-22-24-26-28-30-32-34-36-38-40-42-44-46-47-49-51-53-55-57-59-61-63-65-67-69-71-73-75-77-79-81-83-85-87-94(97)103-92(91-102-104(98,99)101-89-88-95(3,4)5)90-100-93(96)86-84-82-80-78-76-74-72-70-68-66-64-62-60-58-56-54-52-50-48-45-43-41-39-37-35-33-31-29-27-25-23-21-19-17-15-13-11-9-7-2/h8-11,14-17,20-23,26-29,32-35,38-41,44,46,92H,6-7,12-13,18-19,24-25,30-31,36-37,42-43,45,47-91H2,1-5H3/p+1/b10-8-,11-9-,16-14-,17-15-,22-20-,23-21-,28-26-,29-27-,34-32-,35-33-,40-38-,41-39-,46-44-. The molecule has 0 aliphatic carbocycles. The highest BCUT2D eigenvalue weighted by molar-refractivity contribution is 7.47. The molecule has 0 heterocycles. The minimum atomic E-state index is -4.40. The molecular formula is C94H163NO8P+. The molecule has 0 spiro atoms. The third kappa shape index (κ3) is 86.5. The Balaban J connectivity index is 3.93. The second-order valence-electron chi connectivity index (χ2n) is 29.8. The van der Waals surface area contributed by atoms with Gasteiger partial charge in [-0.3, -0.25) is 18.6 Å². The summed E-state index contributed by atoms with van der Waals surface area (Å²) in [6.07, 6.45) is 124. The van der Waals surface area contributed by atoms with Crippen LogP contribution in [0.3, 0.4) is 0 Å². The van der Waals surface area contributed by atoms with E-state index >= 15 is 0 Å². The summed E-state index contributed by atoms with van der Waals surface area (Å²) in [7, 11) is 1.48. The SMILES string of the molecule is CC/C=C\C/C=C\C/C=C\C/C=C\C/C=C\C/C=C\C/C=C\CCCCCCCCCCCCCCCCCCCCCC(=O)OC(COC(=O)CCCCCCCCCCCCCCCCCCCCCC/C=C\C/C=C\C/C=C\C/C=C\C/C=C\C/C=C\CC)COP(=O)(O)OCC[N+](C)(C)C. The summed E-state index contributed by atoms with van der Waals surface area (Å²) >= 11 is 0. The maximum absolute atomic E-state index is 12.9. The number of nitrogens with zero attached hydrogens (tertiary/aromatic N) is 1. The van der Waals surface area contributed by atoms with Gasteiger partial charge in [-0.2, -0.15) is 0 Å². The second-order valence-corrected chi connectivity index (χ2v) is 31.3. The van der Waals surface area contributed by atoms with Crippen LogP contribution in [0.2, 0.25) is 0 Å². The smallest absolute Gasteiger partial charge is 0.462 e. The highest BCUT2D eigenvalue weighted by atomic mass is 31.2. The normalized spacial score (nSPS) is 13.8. The van der Waals surface area contributed by atoms with E-state index < -0.39 is 26.5 Å². The fourth-order valence-electron chi connectivity index (χ4n) is 12.1. The van der Waals surface area contributed by atoms with Crippen molar-refractivity contribution in [1.29, 1.82) is 0 Å². The first kappa shape index (κ1) is 99.6. The first-order valence-electron chi connectivity index (χ1n) is 43.2. The number of quaternary nitrogens is 1. The Hall–Kier alpha value is -4.37. The van der Waals surface area contributed by atoms with Gasteiger partial charge in [0.1, 0.15) is 19.8 Å². The number of likely N-dealkylation sites (N-methyl/N-ethyl adjacent to an activating group) is 1. The molecule has 0 radical (unpaired) electrons. The number of hydrogen-bond donors (Lipinski definition) is 1. The minimum absolute atomic E-state index is 0.0293. The van der Waals surface area contributed by atoms with Crippen LogP contribution in [0.15, 0.2) is 158 Å². The predicted molar refractivity (Wildman–Crippen MR) is 454 cm³/mol. The molecule has 0 saturated heterocycles. The van der Waals surface area contributed by atoms with Crippen LogP contribution in [-0.4, -0.2) is 74.9 Å². The molecule has 2 atom stereocenters. The van der Waals surface area contributed by atoms with Crippen molar-refractivity contribution in [2.75, 3.05) is 47.5 Å². The van der Waals surface area contributed by atoms with E-state index in [0.717, 1.165) is 116 Å². The number of phosphoric acid groups is 1. The molecule has 104 heavy (non-hydrogen) atoms. The number of allylic oxidation sites excluding steroid dienone is 26. The van der Waals surface area contributed by atoms with E-state index in [0.29, 0.717) is 17.4 Å². The van der Waals surface area contributed by atoms with Crippen LogP contribution >= 0.6 is 7.82 Å². The quantitative estimate of drug-likeness (QED) is 0.0211. The molecular weight excluding hydrogens is 1300 g/mol. The molecule has 0 rings (SSSR count). The molecule has 10 heteroatoms. The van der Waals surface area contributed by atoms with E-state index in [1.807, 2.05) is 21.1 Å². The first-order valence-corrected chi connectivity index (χ1v) is 44.7. The number of rotatable bonds is 79. The molecule has 0 bridgehead atoms. The van der Waals surface area contributed by atoms with Gasteiger partial charge in [0, 0.05) is 12.8 Å². The van der Waals surface area contributed by atoms with Gasteiger partial charge in [0.05, 0.1) is 27.7 Å². The minimum Gasteiger partial charge on any atom is -0.462 e. The molecule has 2 unspecified atom stereocenters. The van der Waals surface area contributed by atoms with Crippen molar-refractivity contribution in [2.45, 2.75) is 380 Å². The van der Waals surface area contributed by atoms with Crippen molar-refractivity contribution in [3.8, 4) is 0 Å². The fraction of sp³-hybridized carbons (Fsp3) is 0.702. The van der Waals surface area contributed by atoms with E-state index in [4.69, 9.17) is 18.5 Å². The van der Waals surface area contributed by atoms with Crippen LogP contribution in [0.25, 0.3) is 0 Å². The lowest BCUT2D eigenvalue weighted by Gasteiger charge is -2.24. The van der Waals surface area contributed by atoms with E-state index in [1.165, 1.54) is 225 Å². The maximum atomic E-state index is 12.9. The van der Waals surface area contributed by atoms with E-state index in [-0.39, 0.29) is 32.0 Å². The van der Waals surface area contributed by atoms with Crippen LogP contribution in [0.5, 0.6) is 0 Å². The zero-order valence-corrected chi connectivity index (χ0v) is 69.1. The molecule has 0 amide bonds. The fourth-order valence-corrected chi connectivity index (χ4v) is 12.8. The van der Waals surface area contributed by atoms with Crippen LogP contribution in [0, 0.1) is 0 Å². The average molecular weight is 1470 g/mol. The zero-order valence-electron chi connectivity index (χ0n) is 68.2. The van der Waals surface area contributed by atoms with Crippen molar-refractivity contribution in [3.63, 3.8) is 0 Å². The Bertz CT molecular complexity index is 2320. The van der Waals surface area contributed by atoms with Crippen LogP contribution in [0.4, 0.5) is 0 Å². The molecule has 0 aliphatic heterocycles. The van der Waals surface area contributed by atoms with Crippen molar-refractivity contribution in [3.05, 3.63) is 158 Å². The number of carbonyl (C=O) groups excluding carboxylic acids is 2. The lowest BCUT2D eigenvalue weighted by Crippen LogP contribution is -2.37. The third-order valence-corrected chi connectivity index (χ3v) is 19.5. The Morgan fingerprint density at radius 2 is 0.519 bits per heavy atom. The number of esters is 2. The third-order valence-electron chi connectivity index (χ3n) is 18.6. The summed E-state index contributed by atoms with van der Waals surface area (Å²) < 4.78 is 34.9. The number of unbranched alkanes of at least 4 members (excludes halogenated alkanes) is 39. The molecule has 0 aromatic rings. The molecule has 0 fully saturated rings. The van der Waals surface area contributed by atoms with Gasteiger partial charge < -0.3 is 18.9 Å². The summed E-state index contributed by atoms with van der Waals surface area (Å²) in [5.41, 5.74) is 0. The summed E-state index contributed by atoms with van der Waals surface area (Å²) in [6, 6.07) is 0. The largest absolute Gasteiger partial charge is 0.472 e. The maximum Gasteiger partial charge on any atom is 0.472 e. The van der Waals surface area contributed by atoms with Gasteiger partial charge in [0.25, 0.3) is 0 Å². The van der Waals surface area contributed by atoms with Crippen molar-refractivity contribution in [1.82, 2.24) is 0 Å². The Labute approximate surface area is 643 Å².